The van der Waals surface area contributed by atoms with Crippen molar-refractivity contribution in [3.8, 4) is 0 Å². The summed E-state index contributed by atoms with van der Waals surface area (Å²) < 4.78 is 1.04. The molecule has 104 valence electrons. The second-order valence-electron chi connectivity index (χ2n) is 4.96. The minimum atomic E-state index is 0.191. The number of hydrogen-bond acceptors (Lipinski definition) is 1. The Bertz CT molecular complexity index is 432. The summed E-state index contributed by atoms with van der Waals surface area (Å²) >= 11 is 5.73. The van der Waals surface area contributed by atoms with Gasteiger partial charge in [0.15, 0.2) is 0 Å². The smallest absolute Gasteiger partial charge is 0.255 e. The molecule has 2 nitrogen and oxygen atoms in total. The molecule has 1 aromatic rings. The number of amides is 1. The van der Waals surface area contributed by atoms with Gasteiger partial charge in [-0.15, -0.1) is 0 Å². The standard InChI is InChI=1S/C15H19BrINO/c16-10-11-18(12-6-2-1-3-7-12)15(19)13-8-4-5-9-14(13)17/h4-5,8-9,12H,1-3,6-7,10-11H2. The first-order valence-corrected chi connectivity index (χ1v) is 9.05. The van der Waals surface area contributed by atoms with Crippen LogP contribution in [0.25, 0.3) is 0 Å². The van der Waals surface area contributed by atoms with Crippen LogP contribution in [0, 0.1) is 3.57 Å². The molecule has 1 fully saturated rings. The fourth-order valence-electron chi connectivity index (χ4n) is 2.72. The number of alkyl halides is 1. The number of benzene rings is 1. The predicted octanol–water partition coefficient (Wildman–Crippen LogP) is 4.46. The van der Waals surface area contributed by atoms with Gasteiger partial charge in [-0.1, -0.05) is 47.3 Å². The Kier molecular flexibility index (Phi) is 6.13. The van der Waals surface area contributed by atoms with Crippen molar-refractivity contribution in [3.05, 3.63) is 33.4 Å². The van der Waals surface area contributed by atoms with Crippen LogP contribution in [-0.2, 0) is 0 Å². The molecular formula is C15H19BrINO. The van der Waals surface area contributed by atoms with Crippen LogP contribution >= 0.6 is 38.5 Å². The molecule has 1 aliphatic carbocycles. The lowest BCUT2D eigenvalue weighted by molar-refractivity contribution is 0.0650. The Balaban J connectivity index is 2.18. The number of carbonyl (C=O) groups excluding carboxylic acids is 1. The van der Waals surface area contributed by atoms with Crippen LogP contribution in [0.5, 0.6) is 0 Å². The Morgan fingerprint density at radius 3 is 2.58 bits per heavy atom. The first-order chi connectivity index (χ1) is 9.24. The number of carbonyl (C=O) groups is 1. The molecule has 1 amide bonds. The van der Waals surface area contributed by atoms with Gasteiger partial charge in [-0.25, -0.2) is 0 Å². The summed E-state index contributed by atoms with van der Waals surface area (Å²) in [6.07, 6.45) is 6.13. The normalized spacial score (nSPS) is 16.3. The van der Waals surface area contributed by atoms with Gasteiger partial charge in [-0.2, -0.15) is 0 Å². The van der Waals surface area contributed by atoms with Gasteiger partial charge in [0.1, 0.15) is 0 Å². The maximum atomic E-state index is 12.8. The lowest BCUT2D eigenvalue weighted by Gasteiger charge is -2.34. The highest BCUT2D eigenvalue weighted by molar-refractivity contribution is 14.1. The van der Waals surface area contributed by atoms with E-state index < -0.39 is 0 Å². The molecule has 2 rings (SSSR count). The number of rotatable bonds is 4. The van der Waals surface area contributed by atoms with Crippen LogP contribution in [0.1, 0.15) is 42.5 Å². The number of nitrogens with zero attached hydrogens (tertiary/aromatic N) is 1. The molecule has 0 aliphatic heterocycles. The highest BCUT2D eigenvalue weighted by Crippen LogP contribution is 2.25. The molecule has 0 unspecified atom stereocenters. The van der Waals surface area contributed by atoms with E-state index in [1.165, 1.54) is 19.3 Å². The van der Waals surface area contributed by atoms with Crippen molar-refractivity contribution in [2.45, 2.75) is 38.1 Å². The SMILES string of the molecule is O=C(c1ccccc1I)N(CCBr)C1CCCCC1. The van der Waals surface area contributed by atoms with Crippen molar-refractivity contribution in [1.29, 1.82) is 0 Å². The molecule has 0 spiro atoms. The van der Waals surface area contributed by atoms with Crippen LogP contribution in [0.4, 0.5) is 0 Å². The lowest BCUT2D eigenvalue weighted by Crippen LogP contribution is -2.42. The minimum absolute atomic E-state index is 0.191. The third kappa shape index (κ3) is 3.94. The molecule has 0 N–H and O–H groups in total. The number of halogens is 2. The van der Waals surface area contributed by atoms with Gasteiger partial charge in [0, 0.05) is 21.5 Å². The topological polar surface area (TPSA) is 20.3 Å². The van der Waals surface area contributed by atoms with E-state index >= 15 is 0 Å². The molecule has 1 aliphatic rings. The van der Waals surface area contributed by atoms with Gasteiger partial charge < -0.3 is 4.90 Å². The summed E-state index contributed by atoms with van der Waals surface area (Å²) in [4.78, 5) is 14.8. The fourth-order valence-corrected chi connectivity index (χ4v) is 3.72. The first kappa shape index (κ1) is 15.3. The maximum absolute atomic E-state index is 12.8. The molecule has 0 heterocycles. The summed E-state index contributed by atoms with van der Waals surface area (Å²) in [6.45, 7) is 0.800. The average molecular weight is 436 g/mol. The van der Waals surface area contributed by atoms with Crippen molar-refractivity contribution in [3.63, 3.8) is 0 Å². The van der Waals surface area contributed by atoms with Crippen molar-refractivity contribution in [1.82, 2.24) is 4.90 Å². The quantitative estimate of drug-likeness (QED) is 0.505. The van der Waals surface area contributed by atoms with Crippen LogP contribution in [-0.4, -0.2) is 28.7 Å². The van der Waals surface area contributed by atoms with E-state index in [1.54, 1.807) is 0 Å². The Morgan fingerprint density at radius 1 is 1.26 bits per heavy atom. The second-order valence-corrected chi connectivity index (χ2v) is 6.91. The summed E-state index contributed by atoms with van der Waals surface area (Å²) in [6, 6.07) is 8.29. The third-order valence-electron chi connectivity index (χ3n) is 3.71. The monoisotopic (exact) mass is 435 g/mol. The minimum Gasteiger partial charge on any atom is -0.335 e. The van der Waals surface area contributed by atoms with Crippen LogP contribution in [0.3, 0.4) is 0 Å². The van der Waals surface area contributed by atoms with Gasteiger partial charge in [-0.3, -0.25) is 4.79 Å². The highest BCUT2D eigenvalue weighted by atomic mass is 127. The van der Waals surface area contributed by atoms with Gasteiger partial charge in [0.2, 0.25) is 0 Å². The molecule has 0 radical (unpaired) electrons. The number of hydrogen-bond donors (Lipinski definition) is 0. The molecule has 0 atom stereocenters. The summed E-state index contributed by atoms with van der Waals surface area (Å²) in [5.41, 5.74) is 0.842. The van der Waals surface area contributed by atoms with E-state index in [0.29, 0.717) is 6.04 Å². The molecular weight excluding hydrogens is 417 g/mol. The molecule has 1 saturated carbocycles. The zero-order chi connectivity index (χ0) is 13.7. The molecule has 1 aromatic carbocycles. The van der Waals surface area contributed by atoms with E-state index in [-0.39, 0.29) is 5.91 Å². The van der Waals surface area contributed by atoms with Crippen molar-refractivity contribution in [2.75, 3.05) is 11.9 Å². The third-order valence-corrected chi connectivity index (χ3v) is 5.00. The van der Waals surface area contributed by atoms with Crippen LogP contribution < -0.4 is 0 Å². The largest absolute Gasteiger partial charge is 0.335 e. The van der Waals surface area contributed by atoms with Gasteiger partial charge >= 0.3 is 0 Å². The van der Waals surface area contributed by atoms with E-state index in [2.05, 4.69) is 43.4 Å². The summed E-state index contributed by atoms with van der Waals surface area (Å²) in [7, 11) is 0. The zero-order valence-corrected chi connectivity index (χ0v) is 14.7. The van der Waals surface area contributed by atoms with Gasteiger partial charge in [-0.05, 0) is 47.6 Å². The summed E-state index contributed by atoms with van der Waals surface area (Å²) in [5, 5.41) is 0.846. The molecule has 0 aromatic heterocycles. The Hall–Kier alpha value is -0.100. The second kappa shape index (κ2) is 7.62. The average Bonchev–Trinajstić information content (AvgIpc) is 2.45. The Labute approximate surface area is 137 Å². The van der Waals surface area contributed by atoms with Crippen LogP contribution in [0.2, 0.25) is 0 Å². The van der Waals surface area contributed by atoms with Gasteiger partial charge in [0.05, 0.1) is 5.56 Å². The Morgan fingerprint density at radius 2 is 1.95 bits per heavy atom. The lowest BCUT2D eigenvalue weighted by atomic mass is 9.93. The predicted molar refractivity (Wildman–Crippen MR) is 90.9 cm³/mol. The molecule has 0 bridgehead atoms. The van der Waals surface area contributed by atoms with E-state index in [9.17, 15) is 4.79 Å². The highest BCUT2D eigenvalue weighted by Gasteiger charge is 2.26. The molecule has 19 heavy (non-hydrogen) atoms. The first-order valence-electron chi connectivity index (χ1n) is 6.85. The van der Waals surface area contributed by atoms with E-state index in [0.717, 1.165) is 33.9 Å². The van der Waals surface area contributed by atoms with Gasteiger partial charge in [0.25, 0.3) is 5.91 Å². The summed E-state index contributed by atoms with van der Waals surface area (Å²) in [5.74, 6) is 0.191. The molecule has 4 heteroatoms. The maximum Gasteiger partial charge on any atom is 0.255 e. The van der Waals surface area contributed by atoms with Crippen molar-refractivity contribution < 1.29 is 4.79 Å². The van der Waals surface area contributed by atoms with Crippen LogP contribution in [0.15, 0.2) is 24.3 Å². The van der Waals surface area contributed by atoms with E-state index in [4.69, 9.17) is 0 Å². The molecule has 0 saturated heterocycles. The zero-order valence-electron chi connectivity index (χ0n) is 10.9. The van der Waals surface area contributed by atoms with Crippen molar-refractivity contribution >= 4 is 44.4 Å². The van der Waals surface area contributed by atoms with E-state index in [1.807, 2.05) is 24.3 Å². The van der Waals surface area contributed by atoms with Crippen molar-refractivity contribution in [2.24, 2.45) is 0 Å². The fraction of sp³-hybridized carbons (Fsp3) is 0.533.